The van der Waals surface area contributed by atoms with E-state index in [4.69, 9.17) is 0 Å². The van der Waals surface area contributed by atoms with Crippen molar-refractivity contribution in [1.29, 1.82) is 0 Å². The van der Waals surface area contributed by atoms with Gasteiger partial charge in [-0.05, 0) is 41.6 Å². The van der Waals surface area contributed by atoms with E-state index in [0.717, 1.165) is 49.6 Å². The Bertz CT molecular complexity index is 682. The molecule has 0 atom stereocenters. The second-order valence-electron chi connectivity index (χ2n) is 5.93. The fourth-order valence-corrected chi connectivity index (χ4v) is 3.46. The van der Waals surface area contributed by atoms with Gasteiger partial charge in [-0.15, -0.1) is 11.3 Å². The molecular formula is C19H21FN2OS. The van der Waals surface area contributed by atoms with Gasteiger partial charge < -0.3 is 4.90 Å². The summed E-state index contributed by atoms with van der Waals surface area (Å²) in [4.78, 5) is 17.7. The van der Waals surface area contributed by atoms with Crippen molar-refractivity contribution in [2.45, 2.75) is 13.0 Å². The van der Waals surface area contributed by atoms with Crippen LogP contribution in [0.5, 0.6) is 0 Å². The molecule has 2 aromatic rings. The minimum atomic E-state index is -0.205. The zero-order chi connectivity index (χ0) is 16.8. The first-order valence-corrected chi connectivity index (χ1v) is 9.06. The largest absolute Gasteiger partial charge is 0.338 e. The Morgan fingerprint density at radius 2 is 1.96 bits per heavy atom. The van der Waals surface area contributed by atoms with Crippen molar-refractivity contribution in [3.8, 4) is 0 Å². The Labute approximate surface area is 146 Å². The molecule has 1 aromatic carbocycles. The summed E-state index contributed by atoms with van der Waals surface area (Å²) in [5.74, 6) is -0.129. The van der Waals surface area contributed by atoms with E-state index in [1.807, 2.05) is 40.6 Å². The summed E-state index contributed by atoms with van der Waals surface area (Å²) in [7, 11) is 0. The minimum absolute atomic E-state index is 0.0760. The van der Waals surface area contributed by atoms with Gasteiger partial charge in [0.25, 0.3) is 0 Å². The second kappa shape index (κ2) is 8.22. The van der Waals surface area contributed by atoms with Crippen molar-refractivity contribution >= 4 is 23.3 Å². The fraction of sp³-hybridized carbons (Fsp3) is 0.316. The molecule has 0 bridgehead atoms. The van der Waals surface area contributed by atoms with E-state index in [1.54, 1.807) is 17.4 Å². The molecule has 2 heterocycles. The first-order valence-electron chi connectivity index (χ1n) is 8.18. The molecule has 1 aliphatic rings. The maximum absolute atomic E-state index is 13.0. The van der Waals surface area contributed by atoms with Gasteiger partial charge in [0.15, 0.2) is 0 Å². The first kappa shape index (κ1) is 16.9. The van der Waals surface area contributed by atoms with Crippen LogP contribution in [-0.2, 0) is 11.3 Å². The van der Waals surface area contributed by atoms with Gasteiger partial charge >= 0.3 is 0 Å². The monoisotopic (exact) mass is 344 g/mol. The predicted molar refractivity (Wildman–Crippen MR) is 96.2 cm³/mol. The van der Waals surface area contributed by atoms with Gasteiger partial charge in [0.05, 0.1) is 0 Å². The Kier molecular flexibility index (Phi) is 5.77. The molecule has 1 aliphatic heterocycles. The zero-order valence-corrected chi connectivity index (χ0v) is 14.3. The number of hydrogen-bond donors (Lipinski definition) is 0. The number of nitrogens with zero attached hydrogens (tertiary/aromatic N) is 2. The fourth-order valence-electron chi connectivity index (χ4n) is 2.84. The first-order chi connectivity index (χ1) is 11.7. The molecule has 1 fully saturated rings. The lowest BCUT2D eigenvalue weighted by molar-refractivity contribution is -0.125. The molecule has 0 spiro atoms. The number of amides is 1. The Balaban J connectivity index is 1.52. The Hall–Kier alpha value is -1.98. The average Bonchev–Trinajstić information content (AvgIpc) is 3.00. The number of thiophene rings is 1. The highest BCUT2D eigenvalue weighted by molar-refractivity contribution is 7.10. The minimum Gasteiger partial charge on any atom is -0.338 e. The van der Waals surface area contributed by atoms with E-state index in [-0.39, 0.29) is 11.7 Å². The molecule has 126 valence electrons. The van der Waals surface area contributed by atoms with Gasteiger partial charge in [0, 0.05) is 43.7 Å². The van der Waals surface area contributed by atoms with Gasteiger partial charge in [-0.3, -0.25) is 9.69 Å². The van der Waals surface area contributed by atoms with Crippen molar-refractivity contribution < 1.29 is 9.18 Å². The van der Waals surface area contributed by atoms with Crippen LogP contribution in [0.1, 0.15) is 16.9 Å². The molecule has 0 N–H and O–H groups in total. The summed E-state index contributed by atoms with van der Waals surface area (Å²) >= 11 is 1.63. The predicted octanol–water partition coefficient (Wildman–Crippen LogP) is 3.63. The molecule has 3 nitrogen and oxygen atoms in total. The lowest BCUT2D eigenvalue weighted by atomic mass is 10.2. The number of carbonyl (C=O) groups excluding carboxylic acids is 1. The van der Waals surface area contributed by atoms with Gasteiger partial charge in [0.2, 0.25) is 5.91 Å². The molecule has 0 unspecified atom stereocenters. The van der Waals surface area contributed by atoms with Crippen LogP contribution in [0, 0.1) is 5.82 Å². The molecule has 1 aromatic heterocycles. The van der Waals surface area contributed by atoms with Crippen LogP contribution in [-0.4, -0.2) is 41.9 Å². The van der Waals surface area contributed by atoms with Crippen LogP contribution in [0.3, 0.4) is 0 Å². The standard InChI is InChI=1S/C19H21FN2OS/c20-17-6-4-16(5-7-17)15-21-10-2-11-22(13-12-21)19(23)9-8-18-3-1-14-24-18/h1,3-9,14H,2,10-13,15H2/b9-8+. The van der Waals surface area contributed by atoms with Gasteiger partial charge in [-0.25, -0.2) is 4.39 Å². The van der Waals surface area contributed by atoms with E-state index < -0.39 is 0 Å². The average molecular weight is 344 g/mol. The second-order valence-corrected chi connectivity index (χ2v) is 6.91. The Morgan fingerprint density at radius 3 is 2.71 bits per heavy atom. The van der Waals surface area contributed by atoms with Gasteiger partial charge in [-0.1, -0.05) is 18.2 Å². The number of rotatable bonds is 4. The lowest BCUT2D eigenvalue weighted by Crippen LogP contribution is -2.34. The maximum Gasteiger partial charge on any atom is 0.246 e. The third-order valence-corrected chi connectivity index (χ3v) is 4.99. The summed E-state index contributed by atoms with van der Waals surface area (Å²) in [6, 6.07) is 10.6. The Morgan fingerprint density at radius 1 is 1.12 bits per heavy atom. The highest BCUT2D eigenvalue weighted by Gasteiger charge is 2.17. The van der Waals surface area contributed by atoms with Crippen molar-refractivity contribution in [3.05, 3.63) is 64.1 Å². The van der Waals surface area contributed by atoms with E-state index in [2.05, 4.69) is 4.90 Å². The van der Waals surface area contributed by atoms with Crippen molar-refractivity contribution in [2.75, 3.05) is 26.2 Å². The molecule has 0 aliphatic carbocycles. The molecule has 1 saturated heterocycles. The molecule has 24 heavy (non-hydrogen) atoms. The van der Waals surface area contributed by atoms with E-state index in [9.17, 15) is 9.18 Å². The SMILES string of the molecule is O=C(/C=C/c1cccs1)N1CCCN(Cc2ccc(F)cc2)CC1. The lowest BCUT2D eigenvalue weighted by Gasteiger charge is -2.21. The third-order valence-electron chi connectivity index (χ3n) is 4.15. The molecule has 5 heteroatoms. The van der Waals surface area contributed by atoms with Crippen molar-refractivity contribution in [1.82, 2.24) is 9.80 Å². The molecule has 3 rings (SSSR count). The number of halogens is 1. The number of carbonyl (C=O) groups is 1. The van der Waals surface area contributed by atoms with Crippen LogP contribution < -0.4 is 0 Å². The van der Waals surface area contributed by atoms with E-state index in [1.165, 1.54) is 12.1 Å². The van der Waals surface area contributed by atoms with Crippen LogP contribution in [0.15, 0.2) is 47.9 Å². The summed E-state index contributed by atoms with van der Waals surface area (Å²) in [5.41, 5.74) is 1.11. The summed E-state index contributed by atoms with van der Waals surface area (Å²) in [6.45, 7) is 4.11. The summed E-state index contributed by atoms with van der Waals surface area (Å²) < 4.78 is 13.0. The highest BCUT2D eigenvalue weighted by Crippen LogP contribution is 2.12. The molecule has 0 saturated carbocycles. The van der Waals surface area contributed by atoms with E-state index in [0.29, 0.717) is 0 Å². The van der Waals surface area contributed by atoms with Crippen molar-refractivity contribution in [3.63, 3.8) is 0 Å². The van der Waals surface area contributed by atoms with Gasteiger partial charge in [0.1, 0.15) is 5.82 Å². The van der Waals surface area contributed by atoms with Crippen LogP contribution >= 0.6 is 11.3 Å². The van der Waals surface area contributed by atoms with Crippen LogP contribution in [0.4, 0.5) is 4.39 Å². The highest BCUT2D eigenvalue weighted by atomic mass is 32.1. The maximum atomic E-state index is 13.0. The topological polar surface area (TPSA) is 23.6 Å². The molecule has 0 radical (unpaired) electrons. The van der Waals surface area contributed by atoms with E-state index >= 15 is 0 Å². The number of hydrogen-bond acceptors (Lipinski definition) is 3. The zero-order valence-electron chi connectivity index (χ0n) is 13.5. The van der Waals surface area contributed by atoms with Crippen LogP contribution in [0.2, 0.25) is 0 Å². The molecular weight excluding hydrogens is 323 g/mol. The smallest absolute Gasteiger partial charge is 0.246 e. The van der Waals surface area contributed by atoms with Crippen molar-refractivity contribution in [2.24, 2.45) is 0 Å². The number of benzene rings is 1. The molecule has 1 amide bonds. The third kappa shape index (κ3) is 4.76. The van der Waals surface area contributed by atoms with Crippen LogP contribution in [0.25, 0.3) is 6.08 Å². The summed E-state index contributed by atoms with van der Waals surface area (Å²) in [5, 5.41) is 2.00. The normalized spacial score (nSPS) is 16.5. The quantitative estimate of drug-likeness (QED) is 0.791. The summed E-state index contributed by atoms with van der Waals surface area (Å²) in [6.07, 6.45) is 4.51. The van der Waals surface area contributed by atoms with Gasteiger partial charge in [-0.2, -0.15) is 0 Å².